The molecule has 2 aromatic rings. The second-order valence-corrected chi connectivity index (χ2v) is 7.85. The summed E-state index contributed by atoms with van der Waals surface area (Å²) >= 11 is 0. The van der Waals surface area contributed by atoms with Crippen LogP contribution < -0.4 is 11.2 Å². The molecule has 0 amide bonds. The van der Waals surface area contributed by atoms with Crippen molar-refractivity contribution in [3.63, 3.8) is 0 Å². The summed E-state index contributed by atoms with van der Waals surface area (Å²) in [5.41, 5.74) is 0.294. The van der Waals surface area contributed by atoms with Crippen LogP contribution in [0.5, 0.6) is 0 Å². The van der Waals surface area contributed by atoms with Gasteiger partial charge in [0.2, 0.25) is 0 Å². The molecule has 0 unspecified atom stereocenters. The van der Waals surface area contributed by atoms with Crippen LogP contribution in [0.15, 0.2) is 33.9 Å². The summed E-state index contributed by atoms with van der Waals surface area (Å²) in [7, 11) is 0. The third-order valence-corrected chi connectivity index (χ3v) is 5.74. The number of hydrogen-bond acceptors (Lipinski definition) is 3. The van der Waals surface area contributed by atoms with Crippen molar-refractivity contribution in [2.24, 2.45) is 5.92 Å². The molecule has 0 spiro atoms. The number of hydrogen-bond donors (Lipinski definition) is 1. The minimum atomic E-state index is -4.38. The van der Waals surface area contributed by atoms with Crippen LogP contribution in [0.25, 0.3) is 0 Å². The lowest BCUT2D eigenvalue weighted by Gasteiger charge is -2.24. The number of halogens is 3. The van der Waals surface area contributed by atoms with Crippen LogP contribution in [0, 0.1) is 5.92 Å². The standard InChI is InChI=1S/C22H27F3N2O3/c1-2-18-19(12-15-6-4-3-5-7-15)27(21(29)26-20(18)28)14-30-13-16-8-10-17(11-9-16)22(23,24)25/h8-11,15H,2-7,12-14H2,1H3,(H,26,28,29). The summed E-state index contributed by atoms with van der Waals surface area (Å²) in [6.07, 6.45) is 2.48. The fraction of sp³-hybridized carbons (Fsp3) is 0.545. The number of rotatable bonds is 7. The van der Waals surface area contributed by atoms with Gasteiger partial charge in [0, 0.05) is 11.3 Å². The van der Waals surface area contributed by atoms with E-state index < -0.39 is 17.4 Å². The first kappa shape index (κ1) is 22.3. The number of aromatic nitrogens is 2. The average Bonchev–Trinajstić information content (AvgIpc) is 2.71. The van der Waals surface area contributed by atoms with Crippen LogP contribution in [0.1, 0.15) is 61.4 Å². The minimum absolute atomic E-state index is 0.0635. The lowest BCUT2D eigenvalue weighted by Crippen LogP contribution is -2.36. The summed E-state index contributed by atoms with van der Waals surface area (Å²) in [6, 6.07) is 4.74. The highest BCUT2D eigenvalue weighted by molar-refractivity contribution is 5.24. The molecule has 8 heteroatoms. The fourth-order valence-electron chi connectivity index (χ4n) is 4.10. The molecule has 0 atom stereocenters. The Morgan fingerprint density at radius 1 is 1.10 bits per heavy atom. The van der Waals surface area contributed by atoms with Gasteiger partial charge >= 0.3 is 11.9 Å². The molecule has 5 nitrogen and oxygen atoms in total. The summed E-state index contributed by atoms with van der Waals surface area (Å²) < 4.78 is 45.1. The van der Waals surface area contributed by atoms with Gasteiger partial charge < -0.3 is 4.74 Å². The van der Waals surface area contributed by atoms with E-state index in [-0.39, 0.29) is 18.9 Å². The number of alkyl halides is 3. The number of aromatic amines is 1. The summed E-state index contributed by atoms with van der Waals surface area (Å²) in [4.78, 5) is 27.1. The zero-order valence-electron chi connectivity index (χ0n) is 17.1. The normalized spacial score (nSPS) is 15.5. The molecular weight excluding hydrogens is 397 g/mol. The lowest BCUT2D eigenvalue weighted by atomic mass is 9.85. The van der Waals surface area contributed by atoms with Gasteiger partial charge in [0.05, 0.1) is 12.2 Å². The lowest BCUT2D eigenvalue weighted by molar-refractivity contribution is -0.137. The van der Waals surface area contributed by atoms with Crippen molar-refractivity contribution in [3.8, 4) is 0 Å². The highest BCUT2D eigenvalue weighted by Crippen LogP contribution is 2.29. The molecule has 0 saturated heterocycles. The van der Waals surface area contributed by atoms with E-state index in [4.69, 9.17) is 4.74 Å². The van der Waals surface area contributed by atoms with Crippen molar-refractivity contribution >= 4 is 0 Å². The Bertz CT molecular complexity index is 956. The van der Waals surface area contributed by atoms with Crippen molar-refractivity contribution in [1.29, 1.82) is 0 Å². The second kappa shape index (κ2) is 9.64. The van der Waals surface area contributed by atoms with E-state index in [9.17, 15) is 22.8 Å². The fourth-order valence-corrected chi connectivity index (χ4v) is 4.10. The molecule has 0 bridgehead atoms. The molecule has 0 radical (unpaired) electrons. The topological polar surface area (TPSA) is 64.1 Å². The van der Waals surface area contributed by atoms with E-state index >= 15 is 0 Å². The van der Waals surface area contributed by atoms with E-state index in [0.717, 1.165) is 37.8 Å². The molecule has 1 aliphatic rings. The summed E-state index contributed by atoms with van der Waals surface area (Å²) in [5, 5.41) is 0. The van der Waals surface area contributed by atoms with Gasteiger partial charge in [-0.1, -0.05) is 51.2 Å². The molecule has 1 heterocycles. The van der Waals surface area contributed by atoms with Gasteiger partial charge in [-0.15, -0.1) is 0 Å². The first-order valence-corrected chi connectivity index (χ1v) is 10.4. The summed E-state index contributed by atoms with van der Waals surface area (Å²) in [6.45, 7) is 1.88. The Morgan fingerprint density at radius 3 is 2.37 bits per heavy atom. The Labute approximate surface area is 172 Å². The largest absolute Gasteiger partial charge is 0.416 e. The minimum Gasteiger partial charge on any atom is -0.356 e. The monoisotopic (exact) mass is 424 g/mol. The molecule has 1 N–H and O–H groups in total. The van der Waals surface area contributed by atoms with Crippen molar-refractivity contribution in [1.82, 2.24) is 9.55 Å². The van der Waals surface area contributed by atoms with Crippen molar-refractivity contribution < 1.29 is 17.9 Å². The molecule has 3 rings (SSSR count). The maximum Gasteiger partial charge on any atom is 0.416 e. The molecule has 1 fully saturated rings. The van der Waals surface area contributed by atoms with Crippen LogP contribution in [-0.2, 0) is 37.1 Å². The van der Waals surface area contributed by atoms with E-state index in [0.29, 0.717) is 35.6 Å². The third-order valence-electron chi connectivity index (χ3n) is 5.74. The van der Waals surface area contributed by atoms with E-state index in [1.165, 1.54) is 23.1 Å². The number of ether oxygens (including phenoxy) is 1. The first-order valence-electron chi connectivity index (χ1n) is 10.4. The number of H-pyrrole nitrogens is 1. The highest BCUT2D eigenvalue weighted by atomic mass is 19.4. The highest BCUT2D eigenvalue weighted by Gasteiger charge is 2.29. The van der Waals surface area contributed by atoms with E-state index in [1.807, 2.05) is 6.92 Å². The second-order valence-electron chi connectivity index (χ2n) is 7.85. The van der Waals surface area contributed by atoms with Gasteiger partial charge in [-0.3, -0.25) is 14.3 Å². The van der Waals surface area contributed by atoms with Crippen molar-refractivity contribution in [3.05, 3.63) is 67.5 Å². The van der Waals surface area contributed by atoms with E-state index in [1.54, 1.807) is 0 Å². The molecule has 1 aromatic carbocycles. The van der Waals surface area contributed by atoms with Gasteiger partial charge in [-0.05, 0) is 36.5 Å². The van der Waals surface area contributed by atoms with Gasteiger partial charge in [-0.25, -0.2) is 4.79 Å². The van der Waals surface area contributed by atoms with Crippen molar-refractivity contribution in [2.75, 3.05) is 0 Å². The Hall–Kier alpha value is -2.35. The molecule has 30 heavy (non-hydrogen) atoms. The van der Waals surface area contributed by atoms with Gasteiger partial charge in [0.1, 0.15) is 6.73 Å². The maximum atomic E-state index is 12.7. The van der Waals surface area contributed by atoms with Crippen LogP contribution in [-0.4, -0.2) is 9.55 Å². The van der Waals surface area contributed by atoms with E-state index in [2.05, 4.69) is 4.98 Å². The predicted octanol–water partition coefficient (Wildman–Crippen LogP) is 4.41. The predicted molar refractivity (Wildman–Crippen MR) is 107 cm³/mol. The Morgan fingerprint density at radius 2 is 1.77 bits per heavy atom. The number of benzene rings is 1. The molecule has 1 aliphatic carbocycles. The van der Waals surface area contributed by atoms with Crippen LogP contribution >= 0.6 is 0 Å². The zero-order valence-corrected chi connectivity index (χ0v) is 17.1. The zero-order chi connectivity index (χ0) is 21.7. The quantitative estimate of drug-likeness (QED) is 0.716. The SMILES string of the molecule is CCc1c(CC2CCCCC2)n(COCc2ccc(C(F)(F)F)cc2)c(=O)[nH]c1=O. The van der Waals surface area contributed by atoms with Gasteiger partial charge in [0.25, 0.3) is 5.56 Å². The van der Waals surface area contributed by atoms with Gasteiger partial charge in [0.15, 0.2) is 0 Å². The molecule has 164 valence electrons. The summed E-state index contributed by atoms with van der Waals surface area (Å²) in [5.74, 6) is 0.436. The third kappa shape index (κ3) is 5.41. The maximum absolute atomic E-state index is 12.7. The van der Waals surface area contributed by atoms with Crippen LogP contribution in [0.4, 0.5) is 13.2 Å². The number of nitrogens with zero attached hydrogens (tertiary/aromatic N) is 1. The molecule has 1 saturated carbocycles. The molecule has 1 aromatic heterocycles. The van der Waals surface area contributed by atoms with Crippen LogP contribution in [0.2, 0.25) is 0 Å². The number of nitrogens with one attached hydrogen (secondary N) is 1. The average molecular weight is 424 g/mol. The van der Waals surface area contributed by atoms with Gasteiger partial charge in [-0.2, -0.15) is 13.2 Å². The smallest absolute Gasteiger partial charge is 0.356 e. The van der Waals surface area contributed by atoms with Crippen molar-refractivity contribution in [2.45, 2.75) is 71.4 Å². The first-order chi connectivity index (χ1) is 14.3. The molecular formula is C22H27F3N2O3. The Balaban J connectivity index is 1.76. The Kier molecular flexibility index (Phi) is 7.18. The molecule has 0 aliphatic heterocycles. The van der Waals surface area contributed by atoms with Crippen LogP contribution in [0.3, 0.4) is 0 Å².